The van der Waals surface area contributed by atoms with Crippen LogP contribution in [0.4, 0.5) is 0 Å². The highest BCUT2D eigenvalue weighted by Crippen LogP contribution is 2.23. The van der Waals surface area contributed by atoms with Gasteiger partial charge in [-0.2, -0.15) is 23.5 Å². The third-order valence-corrected chi connectivity index (χ3v) is 5.98. The first-order valence-corrected chi connectivity index (χ1v) is 8.18. The van der Waals surface area contributed by atoms with Crippen molar-refractivity contribution in [2.24, 2.45) is 0 Å². The zero-order valence-corrected chi connectivity index (χ0v) is 11.3. The van der Waals surface area contributed by atoms with Gasteiger partial charge in [0.1, 0.15) is 0 Å². The summed E-state index contributed by atoms with van der Waals surface area (Å²) in [6.45, 7) is 4.17. The number of thioether (sulfide) groups is 2. The fourth-order valence-corrected chi connectivity index (χ4v) is 4.91. The molecule has 0 amide bonds. The molecule has 0 aliphatic carbocycles. The fourth-order valence-electron chi connectivity index (χ4n) is 1.50. The van der Waals surface area contributed by atoms with Crippen molar-refractivity contribution in [3.05, 3.63) is 16.1 Å². The number of hydrogen-bond donors (Lipinski definition) is 1. The summed E-state index contributed by atoms with van der Waals surface area (Å²) in [5.41, 5.74) is 0. The molecule has 1 N–H and O–H groups in total. The third-order valence-electron chi connectivity index (χ3n) is 2.23. The monoisotopic (exact) mass is 260 g/mol. The van der Waals surface area contributed by atoms with E-state index in [0.717, 1.165) is 23.3 Å². The molecule has 1 fully saturated rings. The van der Waals surface area contributed by atoms with Gasteiger partial charge < -0.3 is 5.32 Å². The molecule has 84 valence electrons. The first-order valence-electron chi connectivity index (χ1n) is 5.16. The molecule has 15 heavy (non-hydrogen) atoms. The van der Waals surface area contributed by atoms with Crippen LogP contribution in [0.1, 0.15) is 9.88 Å². The van der Waals surface area contributed by atoms with Crippen LogP contribution < -0.4 is 5.32 Å². The number of aryl methyl sites for hydroxylation is 1. The van der Waals surface area contributed by atoms with E-state index in [-0.39, 0.29) is 0 Å². The van der Waals surface area contributed by atoms with E-state index in [4.69, 9.17) is 0 Å². The van der Waals surface area contributed by atoms with Gasteiger partial charge in [0.15, 0.2) is 0 Å². The molecule has 1 aromatic rings. The Balaban J connectivity index is 1.65. The Morgan fingerprint density at radius 2 is 2.47 bits per heavy atom. The normalized spacial score (nSPS) is 21.8. The molecule has 1 unspecified atom stereocenters. The summed E-state index contributed by atoms with van der Waals surface area (Å²) >= 11 is 5.98. The van der Waals surface area contributed by atoms with Crippen LogP contribution in [0.3, 0.4) is 0 Å². The van der Waals surface area contributed by atoms with Gasteiger partial charge in [-0.05, 0) is 6.92 Å². The SMILES string of the molecule is Cc1ncc(CNCC2CSCCS2)s1. The van der Waals surface area contributed by atoms with E-state index in [2.05, 4.69) is 40.7 Å². The van der Waals surface area contributed by atoms with E-state index in [1.54, 1.807) is 11.3 Å². The molecule has 2 nitrogen and oxygen atoms in total. The molecule has 0 saturated carbocycles. The van der Waals surface area contributed by atoms with E-state index in [1.165, 1.54) is 22.1 Å². The Morgan fingerprint density at radius 3 is 3.13 bits per heavy atom. The average Bonchev–Trinajstić information content (AvgIpc) is 2.66. The molecule has 0 spiro atoms. The van der Waals surface area contributed by atoms with E-state index in [9.17, 15) is 0 Å². The molecule has 0 bridgehead atoms. The van der Waals surface area contributed by atoms with E-state index < -0.39 is 0 Å². The summed E-state index contributed by atoms with van der Waals surface area (Å²) < 4.78 is 0. The molecule has 0 aromatic carbocycles. The molecule has 5 heteroatoms. The lowest BCUT2D eigenvalue weighted by Crippen LogP contribution is -2.28. The zero-order valence-electron chi connectivity index (χ0n) is 8.86. The fraction of sp³-hybridized carbons (Fsp3) is 0.700. The van der Waals surface area contributed by atoms with Crippen molar-refractivity contribution in [2.45, 2.75) is 18.7 Å². The summed E-state index contributed by atoms with van der Waals surface area (Å²) in [5.74, 6) is 3.95. The van der Waals surface area contributed by atoms with Gasteiger partial charge in [-0.3, -0.25) is 0 Å². The van der Waals surface area contributed by atoms with Crippen LogP contribution in [0.25, 0.3) is 0 Å². The minimum Gasteiger partial charge on any atom is -0.311 e. The summed E-state index contributed by atoms with van der Waals surface area (Å²) in [6, 6.07) is 0. The van der Waals surface area contributed by atoms with Crippen LogP contribution in [0.5, 0.6) is 0 Å². The predicted molar refractivity (Wildman–Crippen MR) is 72.1 cm³/mol. The third kappa shape index (κ3) is 3.98. The highest BCUT2D eigenvalue weighted by Gasteiger charge is 2.13. The molecule has 1 aliphatic heterocycles. The van der Waals surface area contributed by atoms with Crippen molar-refractivity contribution in [2.75, 3.05) is 23.8 Å². The molecular weight excluding hydrogens is 244 g/mol. The lowest BCUT2D eigenvalue weighted by Gasteiger charge is -2.20. The minimum absolute atomic E-state index is 0.803. The first-order chi connectivity index (χ1) is 7.34. The molecule has 1 atom stereocenters. The summed E-state index contributed by atoms with van der Waals surface area (Å²) in [5, 5.41) is 5.49. The summed E-state index contributed by atoms with van der Waals surface area (Å²) in [4.78, 5) is 5.60. The van der Waals surface area contributed by atoms with E-state index in [0.29, 0.717) is 0 Å². The van der Waals surface area contributed by atoms with Crippen molar-refractivity contribution < 1.29 is 0 Å². The lowest BCUT2D eigenvalue weighted by molar-refractivity contribution is 0.692. The number of thiazole rings is 1. The predicted octanol–water partition coefficient (Wildman–Crippen LogP) is 2.39. The standard InChI is InChI=1S/C10H16N2S3/c1-8-12-6-9(15-8)4-11-5-10-7-13-2-3-14-10/h6,10-11H,2-5,7H2,1H3. The highest BCUT2D eigenvalue weighted by molar-refractivity contribution is 8.06. The maximum atomic E-state index is 4.25. The number of rotatable bonds is 4. The van der Waals surface area contributed by atoms with Gasteiger partial charge >= 0.3 is 0 Å². The Hall–Kier alpha value is 0.290. The number of aromatic nitrogens is 1. The lowest BCUT2D eigenvalue weighted by atomic mass is 10.4. The Labute approximate surface area is 104 Å². The van der Waals surface area contributed by atoms with Crippen molar-refractivity contribution in [3.8, 4) is 0 Å². The maximum Gasteiger partial charge on any atom is 0.0897 e. The number of nitrogens with zero attached hydrogens (tertiary/aromatic N) is 1. The van der Waals surface area contributed by atoms with Gasteiger partial charge in [0, 0.05) is 46.7 Å². The summed E-state index contributed by atoms with van der Waals surface area (Å²) in [7, 11) is 0. The van der Waals surface area contributed by atoms with Gasteiger partial charge in [-0.25, -0.2) is 4.98 Å². The Bertz CT molecular complexity index is 295. The topological polar surface area (TPSA) is 24.9 Å². The first kappa shape index (κ1) is 11.8. The largest absolute Gasteiger partial charge is 0.311 e. The van der Waals surface area contributed by atoms with E-state index >= 15 is 0 Å². The molecule has 2 rings (SSSR count). The molecule has 1 saturated heterocycles. The van der Waals surface area contributed by atoms with Crippen LogP contribution in [0.2, 0.25) is 0 Å². The second-order valence-corrected chi connectivity index (χ2v) is 7.42. The van der Waals surface area contributed by atoms with Crippen LogP contribution >= 0.6 is 34.9 Å². The van der Waals surface area contributed by atoms with Gasteiger partial charge in [-0.15, -0.1) is 11.3 Å². The van der Waals surface area contributed by atoms with Crippen molar-refractivity contribution in [3.63, 3.8) is 0 Å². The minimum atomic E-state index is 0.803. The number of nitrogens with one attached hydrogen (secondary N) is 1. The van der Waals surface area contributed by atoms with Gasteiger partial charge in [0.2, 0.25) is 0 Å². The number of hydrogen-bond acceptors (Lipinski definition) is 5. The van der Waals surface area contributed by atoms with Crippen LogP contribution in [-0.4, -0.2) is 34.0 Å². The van der Waals surface area contributed by atoms with Crippen LogP contribution in [0, 0.1) is 6.92 Å². The van der Waals surface area contributed by atoms with Crippen molar-refractivity contribution in [1.29, 1.82) is 0 Å². The van der Waals surface area contributed by atoms with Crippen LogP contribution in [-0.2, 0) is 6.54 Å². The Kier molecular flexibility index (Phi) is 4.81. The van der Waals surface area contributed by atoms with Gasteiger partial charge in [-0.1, -0.05) is 0 Å². The van der Waals surface area contributed by atoms with Gasteiger partial charge in [0.25, 0.3) is 0 Å². The smallest absolute Gasteiger partial charge is 0.0897 e. The second-order valence-electron chi connectivity index (χ2n) is 3.54. The quantitative estimate of drug-likeness (QED) is 0.898. The molecule has 2 heterocycles. The molecule has 1 aliphatic rings. The van der Waals surface area contributed by atoms with Crippen molar-refractivity contribution in [1.82, 2.24) is 10.3 Å². The second kappa shape index (κ2) is 6.13. The highest BCUT2D eigenvalue weighted by atomic mass is 32.2. The molecular formula is C10H16N2S3. The summed E-state index contributed by atoms with van der Waals surface area (Å²) in [6.07, 6.45) is 1.98. The zero-order chi connectivity index (χ0) is 10.5. The molecule has 0 radical (unpaired) electrons. The Morgan fingerprint density at radius 1 is 1.53 bits per heavy atom. The van der Waals surface area contributed by atoms with Gasteiger partial charge in [0.05, 0.1) is 5.01 Å². The van der Waals surface area contributed by atoms with E-state index in [1.807, 2.05) is 6.20 Å². The van der Waals surface area contributed by atoms with Crippen molar-refractivity contribution >= 4 is 34.9 Å². The van der Waals surface area contributed by atoms with Crippen LogP contribution in [0.15, 0.2) is 6.20 Å². The molecule has 1 aromatic heterocycles. The maximum absolute atomic E-state index is 4.25. The average molecular weight is 260 g/mol.